The molecule has 1 aromatic carbocycles. The predicted molar refractivity (Wildman–Crippen MR) is 58.7 cm³/mol. The van der Waals surface area contributed by atoms with Gasteiger partial charge in [0.15, 0.2) is 0 Å². The highest BCUT2D eigenvalue weighted by atomic mass is 28.2. The maximum Gasteiger partial charge on any atom is 0.123 e. The summed E-state index contributed by atoms with van der Waals surface area (Å²) in [5.41, 5.74) is 0.363. The Morgan fingerprint density at radius 3 is 2.54 bits per heavy atom. The molecule has 1 rings (SSSR count). The van der Waals surface area contributed by atoms with Crippen LogP contribution < -0.4 is 5.19 Å². The molecule has 0 nitrogen and oxygen atoms in total. The molecule has 0 radical (unpaired) electrons. The third kappa shape index (κ3) is 2.99. The molecular formula is C11H13FSi. The molecule has 0 spiro atoms. The van der Waals surface area contributed by atoms with Crippen molar-refractivity contribution in [2.24, 2.45) is 0 Å². The van der Waals surface area contributed by atoms with Gasteiger partial charge in [-0.2, -0.15) is 0 Å². The lowest BCUT2D eigenvalue weighted by Crippen LogP contribution is -2.17. The highest BCUT2D eigenvalue weighted by Crippen LogP contribution is 2.04. The van der Waals surface area contributed by atoms with Crippen LogP contribution in [-0.2, 0) is 0 Å². The molecule has 0 heterocycles. The van der Waals surface area contributed by atoms with Gasteiger partial charge in [0.2, 0.25) is 0 Å². The summed E-state index contributed by atoms with van der Waals surface area (Å²) >= 11 is 0. The fourth-order valence-corrected chi connectivity index (χ4v) is 2.66. The molecule has 0 aromatic heterocycles. The molecule has 0 bridgehead atoms. The number of benzene rings is 1. The molecule has 0 atom stereocenters. The number of halogens is 1. The Bertz CT molecular complexity index is 299. The quantitative estimate of drug-likeness (QED) is 0.504. The van der Waals surface area contributed by atoms with Crippen molar-refractivity contribution in [1.82, 2.24) is 0 Å². The summed E-state index contributed by atoms with van der Waals surface area (Å²) in [4.78, 5) is 0. The predicted octanol–water partition coefficient (Wildman–Crippen LogP) is 1.78. The molecule has 0 aliphatic rings. The third-order valence-corrected chi connectivity index (χ3v) is 4.02. The van der Waals surface area contributed by atoms with Gasteiger partial charge in [-0.15, -0.1) is 13.2 Å². The maximum atomic E-state index is 12.8. The zero-order chi connectivity index (χ0) is 9.68. The van der Waals surface area contributed by atoms with Gasteiger partial charge in [-0.05, 0) is 17.7 Å². The minimum Gasteiger partial charge on any atom is -0.207 e. The molecular weight excluding hydrogens is 179 g/mol. The van der Waals surface area contributed by atoms with Crippen LogP contribution >= 0.6 is 0 Å². The second-order valence-corrected chi connectivity index (χ2v) is 5.14. The highest BCUT2D eigenvalue weighted by molar-refractivity contribution is 6.56. The van der Waals surface area contributed by atoms with Gasteiger partial charge in [-0.1, -0.05) is 29.5 Å². The van der Waals surface area contributed by atoms with Crippen LogP contribution in [0.2, 0.25) is 5.54 Å². The standard InChI is InChI=1S/C11H13FSi/c1-3-10(4-2)13-11-7-5-6-9(12)8-11/h3-8,10H,1-2,13H2. The third-order valence-electron chi connectivity index (χ3n) is 1.97. The first kappa shape index (κ1) is 9.93. The van der Waals surface area contributed by atoms with Crippen molar-refractivity contribution >= 4 is 14.7 Å². The van der Waals surface area contributed by atoms with E-state index in [1.807, 2.05) is 18.2 Å². The van der Waals surface area contributed by atoms with Gasteiger partial charge in [-0.25, -0.2) is 4.39 Å². The Morgan fingerprint density at radius 2 is 2.00 bits per heavy atom. The normalized spacial score (nSPS) is 10.9. The minimum atomic E-state index is -0.495. The zero-order valence-electron chi connectivity index (χ0n) is 7.54. The van der Waals surface area contributed by atoms with Crippen LogP contribution in [0.4, 0.5) is 4.39 Å². The topological polar surface area (TPSA) is 0 Å². The zero-order valence-corrected chi connectivity index (χ0v) is 8.95. The van der Waals surface area contributed by atoms with E-state index in [-0.39, 0.29) is 5.82 Å². The summed E-state index contributed by atoms with van der Waals surface area (Å²) in [5, 5.41) is 1.12. The molecule has 68 valence electrons. The Hall–Kier alpha value is -1.15. The van der Waals surface area contributed by atoms with Crippen molar-refractivity contribution in [2.75, 3.05) is 0 Å². The van der Waals surface area contributed by atoms with Crippen molar-refractivity contribution in [3.05, 3.63) is 55.4 Å². The average Bonchev–Trinajstić information content (AvgIpc) is 2.14. The summed E-state index contributed by atoms with van der Waals surface area (Å²) in [6.07, 6.45) is 3.76. The van der Waals surface area contributed by atoms with E-state index in [0.717, 1.165) is 5.19 Å². The Labute approximate surface area is 80.6 Å². The van der Waals surface area contributed by atoms with E-state index in [9.17, 15) is 4.39 Å². The molecule has 0 aliphatic carbocycles. The van der Waals surface area contributed by atoms with E-state index in [0.29, 0.717) is 5.54 Å². The molecule has 0 unspecified atom stereocenters. The first-order valence-corrected chi connectivity index (χ1v) is 5.78. The van der Waals surface area contributed by atoms with Gasteiger partial charge in [0.25, 0.3) is 0 Å². The molecule has 0 saturated heterocycles. The Morgan fingerprint density at radius 1 is 1.31 bits per heavy atom. The summed E-state index contributed by atoms with van der Waals surface area (Å²) < 4.78 is 12.8. The Balaban J connectivity index is 2.73. The van der Waals surface area contributed by atoms with Crippen molar-refractivity contribution in [3.63, 3.8) is 0 Å². The van der Waals surface area contributed by atoms with Crippen LogP contribution in [0.1, 0.15) is 0 Å². The summed E-state index contributed by atoms with van der Waals surface area (Å²) in [7, 11) is -0.495. The van der Waals surface area contributed by atoms with Gasteiger partial charge in [0, 0.05) is 0 Å². The molecule has 0 saturated carbocycles. The lowest BCUT2D eigenvalue weighted by molar-refractivity contribution is 0.629. The van der Waals surface area contributed by atoms with Crippen molar-refractivity contribution < 1.29 is 4.39 Å². The van der Waals surface area contributed by atoms with E-state index >= 15 is 0 Å². The SMILES string of the molecule is C=CC(C=C)[SiH2]c1cccc(F)c1. The lowest BCUT2D eigenvalue weighted by Gasteiger charge is -2.05. The van der Waals surface area contributed by atoms with Crippen LogP contribution in [0.3, 0.4) is 0 Å². The largest absolute Gasteiger partial charge is 0.207 e. The van der Waals surface area contributed by atoms with Gasteiger partial charge >= 0.3 is 0 Å². The van der Waals surface area contributed by atoms with Gasteiger partial charge in [0.1, 0.15) is 5.82 Å². The van der Waals surface area contributed by atoms with Gasteiger partial charge < -0.3 is 0 Å². The number of rotatable bonds is 4. The molecule has 2 heteroatoms. The maximum absolute atomic E-state index is 12.8. The van der Waals surface area contributed by atoms with Crippen LogP contribution in [0.15, 0.2) is 49.6 Å². The molecule has 0 amide bonds. The van der Waals surface area contributed by atoms with Crippen LogP contribution in [0, 0.1) is 5.82 Å². The summed E-state index contributed by atoms with van der Waals surface area (Å²) in [6.45, 7) is 7.44. The van der Waals surface area contributed by atoms with E-state index < -0.39 is 9.52 Å². The van der Waals surface area contributed by atoms with Crippen LogP contribution in [0.5, 0.6) is 0 Å². The average molecular weight is 192 g/mol. The number of hydrogen-bond acceptors (Lipinski definition) is 0. The second-order valence-electron chi connectivity index (χ2n) is 2.97. The molecule has 13 heavy (non-hydrogen) atoms. The monoisotopic (exact) mass is 192 g/mol. The molecule has 0 N–H and O–H groups in total. The number of hydrogen-bond donors (Lipinski definition) is 0. The summed E-state index contributed by atoms with van der Waals surface area (Å²) in [6, 6.07) is 6.79. The summed E-state index contributed by atoms with van der Waals surface area (Å²) in [5.74, 6) is -0.156. The fraction of sp³-hybridized carbons (Fsp3) is 0.0909. The van der Waals surface area contributed by atoms with E-state index in [4.69, 9.17) is 0 Å². The molecule has 0 fully saturated rings. The Kier molecular flexibility index (Phi) is 3.64. The smallest absolute Gasteiger partial charge is 0.123 e. The van der Waals surface area contributed by atoms with Crippen LogP contribution in [-0.4, -0.2) is 9.52 Å². The molecule has 0 aliphatic heterocycles. The van der Waals surface area contributed by atoms with E-state index in [1.54, 1.807) is 12.1 Å². The van der Waals surface area contributed by atoms with Gasteiger partial charge in [0.05, 0.1) is 9.52 Å². The molecule has 1 aromatic rings. The van der Waals surface area contributed by atoms with Gasteiger partial charge in [-0.3, -0.25) is 0 Å². The number of allylic oxidation sites excluding steroid dienone is 2. The lowest BCUT2D eigenvalue weighted by atomic mass is 10.3. The fourth-order valence-electron chi connectivity index (χ4n) is 1.20. The highest BCUT2D eigenvalue weighted by Gasteiger charge is 2.02. The van der Waals surface area contributed by atoms with E-state index in [2.05, 4.69) is 13.2 Å². The van der Waals surface area contributed by atoms with Crippen molar-refractivity contribution in [1.29, 1.82) is 0 Å². The van der Waals surface area contributed by atoms with Crippen LogP contribution in [0.25, 0.3) is 0 Å². The van der Waals surface area contributed by atoms with Crippen molar-refractivity contribution in [3.8, 4) is 0 Å². The minimum absolute atomic E-state index is 0.156. The first-order chi connectivity index (χ1) is 6.26. The second kappa shape index (κ2) is 4.77. The van der Waals surface area contributed by atoms with Crippen molar-refractivity contribution in [2.45, 2.75) is 5.54 Å². The first-order valence-electron chi connectivity index (χ1n) is 4.26. The van der Waals surface area contributed by atoms with E-state index in [1.165, 1.54) is 6.07 Å².